The molecule has 1 heterocycles. The summed E-state index contributed by atoms with van der Waals surface area (Å²) in [5.74, 6) is -1.37. The van der Waals surface area contributed by atoms with E-state index in [0.717, 1.165) is 5.56 Å². The van der Waals surface area contributed by atoms with E-state index in [2.05, 4.69) is 0 Å². The summed E-state index contributed by atoms with van der Waals surface area (Å²) in [7, 11) is 0. The Bertz CT molecular complexity index is 383. The molecule has 0 spiro atoms. The molecule has 4 nitrogen and oxygen atoms in total. The molecule has 0 bridgehead atoms. The van der Waals surface area contributed by atoms with Crippen LogP contribution in [0.25, 0.3) is 0 Å². The molecule has 0 unspecified atom stereocenters. The number of rotatable bonds is 4. The van der Waals surface area contributed by atoms with Crippen molar-refractivity contribution >= 4 is 5.97 Å². The Kier molecular flexibility index (Phi) is 2.89. The van der Waals surface area contributed by atoms with Crippen LogP contribution < -0.4 is 0 Å². The normalized spacial score (nSPS) is 17.8. The molecule has 5 heteroatoms. The number of hydrogen-bond donors (Lipinski definition) is 1. The van der Waals surface area contributed by atoms with Crippen molar-refractivity contribution in [2.24, 2.45) is 0 Å². The van der Waals surface area contributed by atoms with Crippen LogP contribution in [0.2, 0.25) is 0 Å². The fourth-order valence-corrected chi connectivity index (χ4v) is 1.57. The SMILES string of the molecule is O=C(O)COC1(c2ccc(F)cc2)COC1. The van der Waals surface area contributed by atoms with E-state index in [1.54, 1.807) is 12.1 Å². The molecule has 2 rings (SSSR count). The zero-order valence-corrected chi connectivity index (χ0v) is 8.48. The summed E-state index contributed by atoms with van der Waals surface area (Å²) in [5, 5.41) is 8.56. The van der Waals surface area contributed by atoms with Crippen LogP contribution in [-0.4, -0.2) is 30.9 Å². The van der Waals surface area contributed by atoms with Crippen molar-refractivity contribution < 1.29 is 23.8 Å². The van der Waals surface area contributed by atoms with Gasteiger partial charge in [0.2, 0.25) is 0 Å². The van der Waals surface area contributed by atoms with Gasteiger partial charge in [-0.25, -0.2) is 9.18 Å². The smallest absolute Gasteiger partial charge is 0.329 e. The van der Waals surface area contributed by atoms with Gasteiger partial charge in [0, 0.05) is 0 Å². The monoisotopic (exact) mass is 226 g/mol. The second-order valence-electron chi connectivity index (χ2n) is 3.68. The third kappa shape index (κ3) is 2.05. The van der Waals surface area contributed by atoms with Crippen molar-refractivity contribution in [3.63, 3.8) is 0 Å². The van der Waals surface area contributed by atoms with Crippen molar-refractivity contribution in [3.05, 3.63) is 35.6 Å². The average molecular weight is 226 g/mol. The van der Waals surface area contributed by atoms with Gasteiger partial charge in [0.15, 0.2) is 0 Å². The van der Waals surface area contributed by atoms with Gasteiger partial charge in [-0.1, -0.05) is 12.1 Å². The Morgan fingerprint density at radius 2 is 2.06 bits per heavy atom. The average Bonchev–Trinajstić information content (AvgIpc) is 2.18. The molecule has 1 aromatic carbocycles. The van der Waals surface area contributed by atoms with E-state index in [-0.39, 0.29) is 12.4 Å². The van der Waals surface area contributed by atoms with Crippen LogP contribution in [0.15, 0.2) is 24.3 Å². The van der Waals surface area contributed by atoms with Crippen LogP contribution in [-0.2, 0) is 19.9 Å². The molecule has 1 aromatic rings. The van der Waals surface area contributed by atoms with E-state index in [4.69, 9.17) is 14.6 Å². The van der Waals surface area contributed by atoms with Gasteiger partial charge in [0.05, 0.1) is 13.2 Å². The van der Waals surface area contributed by atoms with Gasteiger partial charge in [0.25, 0.3) is 0 Å². The lowest BCUT2D eigenvalue weighted by Gasteiger charge is -2.41. The Hall–Kier alpha value is -1.46. The Labute approximate surface area is 91.6 Å². The number of ether oxygens (including phenoxy) is 2. The first-order chi connectivity index (χ1) is 7.62. The quantitative estimate of drug-likeness (QED) is 0.836. The fraction of sp³-hybridized carbons (Fsp3) is 0.364. The molecule has 1 saturated heterocycles. The molecule has 0 aliphatic carbocycles. The minimum absolute atomic E-state index is 0.298. The van der Waals surface area contributed by atoms with Crippen molar-refractivity contribution in [1.82, 2.24) is 0 Å². The second-order valence-corrected chi connectivity index (χ2v) is 3.68. The van der Waals surface area contributed by atoms with Crippen LogP contribution in [0.5, 0.6) is 0 Å². The minimum atomic E-state index is -1.03. The lowest BCUT2D eigenvalue weighted by Crippen LogP contribution is -2.49. The number of carbonyl (C=O) groups is 1. The predicted octanol–water partition coefficient (Wildman–Crippen LogP) is 1.15. The van der Waals surface area contributed by atoms with Gasteiger partial charge in [-0.15, -0.1) is 0 Å². The summed E-state index contributed by atoms with van der Waals surface area (Å²) in [6.07, 6.45) is 0. The molecule has 1 fully saturated rings. The van der Waals surface area contributed by atoms with Gasteiger partial charge < -0.3 is 14.6 Å². The highest BCUT2D eigenvalue weighted by Gasteiger charge is 2.42. The Balaban J connectivity index is 2.14. The summed E-state index contributed by atoms with van der Waals surface area (Å²) < 4.78 is 23.1. The van der Waals surface area contributed by atoms with Crippen LogP contribution in [0.4, 0.5) is 4.39 Å². The van der Waals surface area contributed by atoms with Gasteiger partial charge in [-0.05, 0) is 17.7 Å². The maximum absolute atomic E-state index is 12.7. The highest BCUT2D eigenvalue weighted by molar-refractivity contribution is 5.68. The summed E-state index contributed by atoms with van der Waals surface area (Å²) in [4.78, 5) is 10.4. The van der Waals surface area contributed by atoms with E-state index in [0.29, 0.717) is 13.2 Å². The predicted molar refractivity (Wildman–Crippen MR) is 52.5 cm³/mol. The fourth-order valence-electron chi connectivity index (χ4n) is 1.57. The van der Waals surface area contributed by atoms with Gasteiger partial charge in [-0.3, -0.25) is 0 Å². The molecule has 0 aromatic heterocycles. The maximum Gasteiger partial charge on any atom is 0.329 e. The Morgan fingerprint density at radius 3 is 2.50 bits per heavy atom. The summed E-state index contributed by atoms with van der Waals surface area (Å²) in [6, 6.07) is 5.80. The first kappa shape index (κ1) is 11.0. The molecule has 1 aliphatic rings. The standard InChI is InChI=1S/C11H11FO4/c12-9-3-1-8(2-4-9)11(6-15-7-11)16-5-10(13)14/h1-4H,5-7H2,(H,13,14). The number of benzene rings is 1. The van der Waals surface area contributed by atoms with Crippen LogP contribution in [0, 0.1) is 5.82 Å². The summed E-state index contributed by atoms with van der Waals surface area (Å²) in [6.45, 7) is 0.207. The largest absolute Gasteiger partial charge is 0.480 e. The molecule has 0 saturated carbocycles. The number of carboxylic acid groups (broad SMARTS) is 1. The molecular formula is C11H11FO4. The van der Waals surface area contributed by atoms with Crippen LogP contribution in [0.3, 0.4) is 0 Å². The van der Waals surface area contributed by atoms with Crippen molar-refractivity contribution in [2.45, 2.75) is 5.60 Å². The maximum atomic E-state index is 12.7. The van der Waals surface area contributed by atoms with Gasteiger partial charge in [-0.2, -0.15) is 0 Å². The minimum Gasteiger partial charge on any atom is -0.480 e. The van der Waals surface area contributed by atoms with Crippen molar-refractivity contribution in [1.29, 1.82) is 0 Å². The third-order valence-electron chi connectivity index (χ3n) is 2.51. The second kappa shape index (κ2) is 4.19. The molecular weight excluding hydrogens is 215 g/mol. The molecule has 16 heavy (non-hydrogen) atoms. The van der Waals surface area contributed by atoms with Crippen LogP contribution in [0.1, 0.15) is 5.56 Å². The molecule has 1 aliphatic heterocycles. The van der Waals surface area contributed by atoms with E-state index in [1.165, 1.54) is 12.1 Å². The number of aliphatic carboxylic acids is 1. The number of halogens is 1. The summed E-state index contributed by atoms with van der Waals surface area (Å²) in [5.41, 5.74) is 0.00734. The third-order valence-corrected chi connectivity index (χ3v) is 2.51. The van der Waals surface area contributed by atoms with E-state index in [9.17, 15) is 9.18 Å². The van der Waals surface area contributed by atoms with Gasteiger partial charge in [0.1, 0.15) is 18.0 Å². The Morgan fingerprint density at radius 1 is 1.44 bits per heavy atom. The summed E-state index contributed by atoms with van der Waals surface area (Å²) >= 11 is 0. The first-order valence-electron chi connectivity index (χ1n) is 4.82. The lowest BCUT2D eigenvalue weighted by atomic mass is 9.92. The molecule has 1 N–H and O–H groups in total. The van der Waals surface area contributed by atoms with Crippen molar-refractivity contribution in [3.8, 4) is 0 Å². The van der Waals surface area contributed by atoms with Gasteiger partial charge >= 0.3 is 5.97 Å². The lowest BCUT2D eigenvalue weighted by molar-refractivity contribution is -0.220. The van der Waals surface area contributed by atoms with E-state index in [1.807, 2.05) is 0 Å². The molecule has 0 amide bonds. The first-order valence-corrected chi connectivity index (χ1v) is 4.82. The molecule has 86 valence electrons. The van der Waals surface area contributed by atoms with E-state index < -0.39 is 11.6 Å². The van der Waals surface area contributed by atoms with Crippen LogP contribution >= 0.6 is 0 Å². The van der Waals surface area contributed by atoms with Crippen molar-refractivity contribution in [2.75, 3.05) is 19.8 Å². The highest BCUT2D eigenvalue weighted by Crippen LogP contribution is 2.33. The number of hydrogen-bond acceptors (Lipinski definition) is 3. The molecule has 0 radical (unpaired) electrons. The topological polar surface area (TPSA) is 55.8 Å². The zero-order chi connectivity index (χ0) is 11.6. The molecule has 0 atom stereocenters. The highest BCUT2D eigenvalue weighted by atomic mass is 19.1. The zero-order valence-electron chi connectivity index (χ0n) is 8.48. The number of carboxylic acids is 1. The van der Waals surface area contributed by atoms with E-state index >= 15 is 0 Å².